The molecule has 1 aromatic rings. The van der Waals surface area contributed by atoms with Gasteiger partial charge in [-0.05, 0) is 30.4 Å². The molecule has 0 spiro atoms. The van der Waals surface area contributed by atoms with Crippen molar-refractivity contribution >= 4 is 11.7 Å². The van der Waals surface area contributed by atoms with Crippen LogP contribution in [0.4, 0.5) is 5.69 Å². The molecule has 0 heterocycles. The fraction of sp³-hybridized carbons (Fsp3) is 0.588. The molecular weight excluding hydrogens is 282 g/mol. The van der Waals surface area contributed by atoms with E-state index < -0.39 is 11.0 Å². The summed E-state index contributed by atoms with van der Waals surface area (Å²) in [5, 5.41) is 11.2. The van der Waals surface area contributed by atoms with Crippen molar-refractivity contribution in [2.45, 2.75) is 54.1 Å². The minimum atomic E-state index is -0.643. The zero-order valence-electron chi connectivity index (χ0n) is 14.2. The van der Waals surface area contributed by atoms with Crippen molar-refractivity contribution in [3.63, 3.8) is 0 Å². The molecule has 0 saturated carbocycles. The third-order valence-corrected chi connectivity index (χ3v) is 3.23. The maximum absolute atomic E-state index is 11.7. The molecule has 0 aliphatic rings. The summed E-state index contributed by atoms with van der Waals surface area (Å²) in [7, 11) is 0. The number of esters is 1. The highest BCUT2D eigenvalue weighted by Crippen LogP contribution is 2.31. The number of carbonyl (C=O) groups excluding carboxylic acids is 1. The lowest BCUT2D eigenvalue weighted by atomic mass is 9.87. The number of ether oxygens (including phenoxy) is 1. The Hall–Kier alpha value is -1.91. The lowest BCUT2D eigenvalue weighted by Gasteiger charge is -2.20. The van der Waals surface area contributed by atoms with Gasteiger partial charge in [-0.1, -0.05) is 40.7 Å². The average molecular weight is 307 g/mol. The standard InChI is InChI=1S/C17H25NO4/c1-11(2)16(19)22-12(3)14-9-13(10-17(4,5)6)7-8-15(14)18(20)21/h7-9,11-12H,10H2,1-6H3. The lowest BCUT2D eigenvalue weighted by molar-refractivity contribution is -0.386. The van der Waals surface area contributed by atoms with E-state index in [1.807, 2.05) is 0 Å². The summed E-state index contributed by atoms with van der Waals surface area (Å²) >= 11 is 0. The van der Waals surface area contributed by atoms with Crippen LogP contribution in [0.3, 0.4) is 0 Å². The molecule has 1 atom stereocenters. The van der Waals surface area contributed by atoms with Gasteiger partial charge in [0.05, 0.1) is 16.4 Å². The van der Waals surface area contributed by atoms with E-state index in [1.54, 1.807) is 32.9 Å². The number of nitro groups is 1. The van der Waals surface area contributed by atoms with E-state index in [2.05, 4.69) is 20.8 Å². The van der Waals surface area contributed by atoms with E-state index in [0.29, 0.717) is 5.56 Å². The Morgan fingerprint density at radius 3 is 2.32 bits per heavy atom. The molecule has 0 fully saturated rings. The van der Waals surface area contributed by atoms with E-state index >= 15 is 0 Å². The predicted octanol–water partition coefficient (Wildman–Crippen LogP) is 4.44. The molecule has 0 N–H and O–H groups in total. The van der Waals surface area contributed by atoms with Gasteiger partial charge in [-0.15, -0.1) is 0 Å². The van der Waals surface area contributed by atoms with Gasteiger partial charge in [0, 0.05) is 6.07 Å². The third kappa shape index (κ3) is 5.13. The molecule has 1 rings (SSSR count). The van der Waals surface area contributed by atoms with Crippen LogP contribution >= 0.6 is 0 Å². The molecule has 1 unspecified atom stereocenters. The SMILES string of the molecule is CC(C)C(=O)OC(C)c1cc(CC(C)(C)C)ccc1[N+](=O)[O-]. The summed E-state index contributed by atoms with van der Waals surface area (Å²) in [4.78, 5) is 22.5. The van der Waals surface area contributed by atoms with Crippen molar-refractivity contribution in [2.24, 2.45) is 11.3 Å². The van der Waals surface area contributed by atoms with Crippen molar-refractivity contribution in [2.75, 3.05) is 0 Å². The Labute approximate surface area is 131 Å². The normalized spacial score (nSPS) is 13.0. The number of hydrogen-bond acceptors (Lipinski definition) is 4. The molecule has 5 heteroatoms. The van der Waals surface area contributed by atoms with Crippen LogP contribution in [0.5, 0.6) is 0 Å². The first-order chi connectivity index (χ1) is 10.0. The maximum atomic E-state index is 11.7. The molecule has 0 bridgehead atoms. The molecule has 5 nitrogen and oxygen atoms in total. The number of carbonyl (C=O) groups is 1. The summed E-state index contributed by atoms with van der Waals surface area (Å²) in [6, 6.07) is 5.04. The zero-order chi connectivity index (χ0) is 17.1. The molecule has 1 aromatic carbocycles. The highest BCUT2D eigenvalue weighted by atomic mass is 16.6. The Bertz CT molecular complexity index is 558. The van der Waals surface area contributed by atoms with Gasteiger partial charge in [0.1, 0.15) is 6.10 Å². The van der Waals surface area contributed by atoms with Crippen molar-refractivity contribution < 1.29 is 14.5 Å². The summed E-state index contributed by atoms with van der Waals surface area (Å²) < 4.78 is 5.33. The molecule has 22 heavy (non-hydrogen) atoms. The summed E-state index contributed by atoms with van der Waals surface area (Å²) in [6.07, 6.45) is 0.151. The molecule has 0 aliphatic heterocycles. The summed E-state index contributed by atoms with van der Waals surface area (Å²) in [6.45, 7) is 11.5. The molecule has 0 aromatic heterocycles. The smallest absolute Gasteiger partial charge is 0.308 e. The van der Waals surface area contributed by atoms with E-state index in [9.17, 15) is 14.9 Å². The Morgan fingerprint density at radius 2 is 1.86 bits per heavy atom. The Balaban J connectivity index is 3.15. The lowest BCUT2D eigenvalue weighted by Crippen LogP contribution is -2.16. The van der Waals surface area contributed by atoms with E-state index in [4.69, 9.17) is 4.74 Å². The fourth-order valence-corrected chi connectivity index (χ4v) is 2.19. The summed E-state index contributed by atoms with van der Waals surface area (Å²) in [5.74, 6) is -0.623. The van der Waals surface area contributed by atoms with Crippen LogP contribution < -0.4 is 0 Å². The van der Waals surface area contributed by atoms with Crippen LogP contribution in [-0.4, -0.2) is 10.9 Å². The fourth-order valence-electron chi connectivity index (χ4n) is 2.19. The zero-order valence-corrected chi connectivity index (χ0v) is 14.2. The monoisotopic (exact) mass is 307 g/mol. The number of rotatable bonds is 5. The highest BCUT2D eigenvalue weighted by molar-refractivity contribution is 5.72. The van der Waals surface area contributed by atoms with Crippen molar-refractivity contribution in [3.8, 4) is 0 Å². The molecule has 0 amide bonds. The van der Waals surface area contributed by atoms with Crippen LogP contribution in [0.25, 0.3) is 0 Å². The van der Waals surface area contributed by atoms with Gasteiger partial charge in [-0.3, -0.25) is 14.9 Å². The first-order valence-corrected chi connectivity index (χ1v) is 7.49. The second-order valence-electron chi connectivity index (χ2n) is 7.12. The van der Waals surface area contributed by atoms with Gasteiger partial charge in [0.2, 0.25) is 0 Å². The maximum Gasteiger partial charge on any atom is 0.308 e. The quantitative estimate of drug-likeness (QED) is 0.458. The van der Waals surface area contributed by atoms with E-state index in [1.165, 1.54) is 6.07 Å². The average Bonchev–Trinajstić information content (AvgIpc) is 2.35. The summed E-state index contributed by atoms with van der Waals surface area (Å²) in [5.41, 5.74) is 1.51. The van der Waals surface area contributed by atoms with Gasteiger partial charge >= 0.3 is 5.97 Å². The Morgan fingerprint density at radius 1 is 1.27 bits per heavy atom. The molecular formula is C17H25NO4. The first kappa shape index (κ1) is 18.1. The van der Waals surface area contributed by atoms with E-state index in [0.717, 1.165) is 12.0 Å². The molecule has 122 valence electrons. The molecule has 0 radical (unpaired) electrons. The van der Waals surface area contributed by atoms with Crippen LogP contribution in [0.15, 0.2) is 18.2 Å². The highest BCUT2D eigenvalue weighted by Gasteiger charge is 2.24. The molecule has 0 saturated heterocycles. The van der Waals surface area contributed by atoms with Gasteiger partial charge in [0.15, 0.2) is 0 Å². The van der Waals surface area contributed by atoms with Crippen molar-refractivity contribution in [3.05, 3.63) is 39.4 Å². The Kier molecular flexibility index (Phi) is 5.69. The van der Waals surface area contributed by atoms with Crippen molar-refractivity contribution in [1.82, 2.24) is 0 Å². The van der Waals surface area contributed by atoms with Gasteiger partial charge in [-0.2, -0.15) is 0 Å². The number of nitrogens with zero attached hydrogens (tertiary/aromatic N) is 1. The van der Waals surface area contributed by atoms with Gasteiger partial charge in [0.25, 0.3) is 5.69 Å². The van der Waals surface area contributed by atoms with Crippen LogP contribution in [0.2, 0.25) is 0 Å². The topological polar surface area (TPSA) is 69.4 Å². The van der Waals surface area contributed by atoms with E-state index in [-0.39, 0.29) is 23.0 Å². The second kappa shape index (κ2) is 6.90. The largest absolute Gasteiger partial charge is 0.457 e. The number of nitro benzene ring substituents is 1. The first-order valence-electron chi connectivity index (χ1n) is 7.49. The second-order valence-corrected chi connectivity index (χ2v) is 7.12. The third-order valence-electron chi connectivity index (χ3n) is 3.23. The predicted molar refractivity (Wildman–Crippen MR) is 85.6 cm³/mol. The van der Waals surface area contributed by atoms with Crippen LogP contribution in [0, 0.1) is 21.4 Å². The van der Waals surface area contributed by atoms with Gasteiger partial charge in [-0.25, -0.2) is 0 Å². The molecule has 0 aliphatic carbocycles. The van der Waals surface area contributed by atoms with Crippen LogP contribution in [-0.2, 0) is 16.0 Å². The van der Waals surface area contributed by atoms with Crippen molar-refractivity contribution in [1.29, 1.82) is 0 Å². The van der Waals surface area contributed by atoms with Crippen LogP contribution in [0.1, 0.15) is 58.8 Å². The minimum absolute atomic E-state index is 0.0123. The van der Waals surface area contributed by atoms with Gasteiger partial charge < -0.3 is 4.74 Å². The minimum Gasteiger partial charge on any atom is -0.457 e. The number of hydrogen-bond donors (Lipinski definition) is 0. The number of benzene rings is 1.